The van der Waals surface area contributed by atoms with Crippen LogP contribution in [0.3, 0.4) is 0 Å². The van der Waals surface area contributed by atoms with E-state index in [4.69, 9.17) is 9.47 Å². The number of unbranched alkanes of at least 4 members (excludes halogenated alkanes) is 6. The Balaban J connectivity index is 3.13. The predicted molar refractivity (Wildman–Crippen MR) is 78.3 cm³/mol. The van der Waals surface area contributed by atoms with Crippen molar-refractivity contribution in [3.8, 4) is 0 Å². The Kier molecular flexibility index (Phi) is 15.0. The molecule has 0 radical (unpaired) electrons. The molecule has 0 bridgehead atoms. The summed E-state index contributed by atoms with van der Waals surface area (Å²) in [5, 5.41) is 2.87. The third kappa shape index (κ3) is 15.3. The van der Waals surface area contributed by atoms with Crippen molar-refractivity contribution >= 4 is 5.91 Å². The van der Waals surface area contributed by atoms with Crippen LogP contribution in [0.25, 0.3) is 0 Å². The first-order valence-electron chi connectivity index (χ1n) is 7.64. The van der Waals surface area contributed by atoms with Gasteiger partial charge in [-0.2, -0.15) is 0 Å². The molecule has 0 spiro atoms. The minimum atomic E-state index is 0.142. The van der Waals surface area contributed by atoms with E-state index in [2.05, 4.69) is 12.2 Å². The molecule has 1 amide bonds. The van der Waals surface area contributed by atoms with Crippen LogP contribution >= 0.6 is 0 Å². The summed E-state index contributed by atoms with van der Waals surface area (Å²) in [5.74, 6) is 0.142. The lowest BCUT2D eigenvalue weighted by atomic mass is 10.1. The number of hydrogen-bond acceptors (Lipinski definition) is 3. The molecule has 0 saturated heterocycles. The zero-order valence-electron chi connectivity index (χ0n) is 12.7. The fourth-order valence-electron chi connectivity index (χ4n) is 1.84. The lowest BCUT2D eigenvalue weighted by Gasteiger charge is -2.06. The third-order valence-electron chi connectivity index (χ3n) is 3.01. The monoisotopic (exact) mass is 273 g/mol. The van der Waals surface area contributed by atoms with Gasteiger partial charge in [-0.3, -0.25) is 4.79 Å². The molecule has 0 aromatic rings. The van der Waals surface area contributed by atoms with Crippen LogP contribution in [0.4, 0.5) is 0 Å². The van der Waals surface area contributed by atoms with Crippen molar-refractivity contribution in [2.45, 2.75) is 58.3 Å². The molecule has 0 heterocycles. The maximum Gasteiger partial charge on any atom is 0.220 e. The van der Waals surface area contributed by atoms with Gasteiger partial charge in [0.2, 0.25) is 5.91 Å². The van der Waals surface area contributed by atoms with Crippen molar-refractivity contribution in [3.63, 3.8) is 0 Å². The molecular weight excluding hydrogens is 242 g/mol. The summed E-state index contributed by atoms with van der Waals surface area (Å²) in [5.41, 5.74) is 0. The number of nitrogens with one attached hydrogen (secondary N) is 1. The Labute approximate surface area is 118 Å². The highest BCUT2D eigenvalue weighted by atomic mass is 16.5. The SMILES string of the molecule is CCCCCCCCCC(=O)NCCOCCOC. The summed E-state index contributed by atoms with van der Waals surface area (Å²) in [6.07, 6.45) is 9.34. The second-order valence-corrected chi connectivity index (χ2v) is 4.83. The van der Waals surface area contributed by atoms with Crippen LogP contribution in [0.2, 0.25) is 0 Å². The highest BCUT2D eigenvalue weighted by Gasteiger charge is 2.00. The van der Waals surface area contributed by atoms with E-state index in [0.717, 1.165) is 6.42 Å². The van der Waals surface area contributed by atoms with E-state index in [-0.39, 0.29) is 5.91 Å². The minimum absolute atomic E-state index is 0.142. The highest BCUT2D eigenvalue weighted by Crippen LogP contribution is 2.08. The number of ether oxygens (including phenoxy) is 2. The summed E-state index contributed by atoms with van der Waals surface area (Å²) in [7, 11) is 1.65. The van der Waals surface area contributed by atoms with Crippen LogP contribution in [-0.4, -0.2) is 39.4 Å². The van der Waals surface area contributed by atoms with Crippen LogP contribution in [0, 0.1) is 0 Å². The van der Waals surface area contributed by atoms with E-state index in [1.54, 1.807) is 7.11 Å². The average molecular weight is 273 g/mol. The lowest BCUT2D eigenvalue weighted by Crippen LogP contribution is -2.27. The molecule has 0 aromatic heterocycles. The van der Waals surface area contributed by atoms with E-state index in [0.29, 0.717) is 32.8 Å². The molecule has 0 aliphatic heterocycles. The first-order chi connectivity index (χ1) is 9.31. The largest absolute Gasteiger partial charge is 0.382 e. The van der Waals surface area contributed by atoms with Crippen molar-refractivity contribution in [2.24, 2.45) is 0 Å². The van der Waals surface area contributed by atoms with Crippen molar-refractivity contribution in [1.82, 2.24) is 5.32 Å². The van der Waals surface area contributed by atoms with Crippen molar-refractivity contribution in [3.05, 3.63) is 0 Å². The van der Waals surface area contributed by atoms with Crippen LogP contribution in [0.1, 0.15) is 58.3 Å². The summed E-state index contributed by atoms with van der Waals surface area (Å²) in [6.45, 7) is 4.57. The maximum absolute atomic E-state index is 11.5. The van der Waals surface area contributed by atoms with Gasteiger partial charge in [-0.25, -0.2) is 0 Å². The Morgan fingerprint density at radius 3 is 2.32 bits per heavy atom. The maximum atomic E-state index is 11.5. The van der Waals surface area contributed by atoms with E-state index in [1.165, 1.54) is 38.5 Å². The zero-order valence-corrected chi connectivity index (χ0v) is 12.7. The Bertz CT molecular complexity index is 198. The molecule has 114 valence electrons. The second kappa shape index (κ2) is 15.4. The zero-order chi connectivity index (χ0) is 14.2. The van der Waals surface area contributed by atoms with Crippen LogP contribution < -0.4 is 5.32 Å². The lowest BCUT2D eigenvalue weighted by molar-refractivity contribution is -0.121. The number of carbonyl (C=O) groups excluding carboxylic acids is 1. The molecule has 1 N–H and O–H groups in total. The van der Waals surface area contributed by atoms with Crippen LogP contribution in [-0.2, 0) is 14.3 Å². The number of methoxy groups -OCH3 is 1. The average Bonchev–Trinajstić information content (AvgIpc) is 2.41. The van der Waals surface area contributed by atoms with E-state index < -0.39 is 0 Å². The summed E-state index contributed by atoms with van der Waals surface area (Å²) in [6, 6.07) is 0. The predicted octanol–water partition coefficient (Wildman–Crippen LogP) is 2.91. The molecule has 0 rings (SSSR count). The second-order valence-electron chi connectivity index (χ2n) is 4.83. The molecule has 0 saturated carbocycles. The van der Waals surface area contributed by atoms with Gasteiger partial charge in [0.15, 0.2) is 0 Å². The van der Waals surface area contributed by atoms with Gasteiger partial charge in [0.1, 0.15) is 0 Å². The van der Waals surface area contributed by atoms with Gasteiger partial charge in [-0.1, -0.05) is 45.4 Å². The Hall–Kier alpha value is -0.610. The molecule has 4 heteroatoms. The number of amides is 1. The van der Waals surface area contributed by atoms with Gasteiger partial charge in [0.25, 0.3) is 0 Å². The standard InChI is InChI=1S/C15H31NO3/c1-3-4-5-6-7-8-9-10-15(17)16-11-12-19-14-13-18-2/h3-14H2,1-2H3,(H,16,17). The topological polar surface area (TPSA) is 47.6 Å². The molecule has 0 aliphatic carbocycles. The van der Waals surface area contributed by atoms with Crippen molar-refractivity contribution in [2.75, 3.05) is 33.5 Å². The Morgan fingerprint density at radius 1 is 0.947 bits per heavy atom. The van der Waals surface area contributed by atoms with Crippen molar-refractivity contribution < 1.29 is 14.3 Å². The van der Waals surface area contributed by atoms with Gasteiger partial charge >= 0.3 is 0 Å². The summed E-state index contributed by atoms with van der Waals surface area (Å²) in [4.78, 5) is 11.5. The molecule has 19 heavy (non-hydrogen) atoms. The first-order valence-corrected chi connectivity index (χ1v) is 7.64. The molecule has 0 aliphatic rings. The highest BCUT2D eigenvalue weighted by molar-refractivity contribution is 5.75. The number of carbonyl (C=O) groups is 1. The quantitative estimate of drug-likeness (QED) is 0.495. The summed E-state index contributed by atoms with van der Waals surface area (Å²) < 4.78 is 10.1. The number of hydrogen-bond donors (Lipinski definition) is 1. The number of rotatable bonds is 14. The first kappa shape index (κ1) is 18.4. The molecule has 4 nitrogen and oxygen atoms in total. The van der Waals surface area contributed by atoms with E-state index in [1.807, 2.05) is 0 Å². The molecular formula is C15H31NO3. The molecule has 0 fully saturated rings. The smallest absolute Gasteiger partial charge is 0.220 e. The fraction of sp³-hybridized carbons (Fsp3) is 0.933. The van der Waals surface area contributed by atoms with Crippen LogP contribution in [0.15, 0.2) is 0 Å². The Morgan fingerprint density at radius 2 is 1.63 bits per heavy atom. The normalized spacial score (nSPS) is 10.6. The van der Waals surface area contributed by atoms with E-state index >= 15 is 0 Å². The van der Waals surface area contributed by atoms with Crippen molar-refractivity contribution in [1.29, 1.82) is 0 Å². The molecule has 0 atom stereocenters. The molecule has 0 unspecified atom stereocenters. The van der Waals surface area contributed by atoms with Gasteiger partial charge in [0.05, 0.1) is 19.8 Å². The van der Waals surface area contributed by atoms with Gasteiger partial charge in [0, 0.05) is 20.1 Å². The van der Waals surface area contributed by atoms with Gasteiger partial charge < -0.3 is 14.8 Å². The fourth-order valence-corrected chi connectivity index (χ4v) is 1.84. The van der Waals surface area contributed by atoms with Crippen LogP contribution in [0.5, 0.6) is 0 Å². The van der Waals surface area contributed by atoms with Gasteiger partial charge in [-0.15, -0.1) is 0 Å². The van der Waals surface area contributed by atoms with E-state index in [9.17, 15) is 4.79 Å². The molecule has 0 aromatic carbocycles. The summed E-state index contributed by atoms with van der Waals surface area (Å²) >= 11 is 0. The van der Waals surface area contributed by atoms with Gasteiger partial charge in [-0.05, 0) is 6.42 Å². The third-order valence-corrected chi connectivity index (χ3v) is 3.01. The minimum Gasteiger partial charge on any atom is -0.382 e.